The highest BCUT2D eigenvalue weighted by atomic mass is 32.1. The first-order valence-corrected chi connectivity index (χ1v) is 10.1. The standard InChI is InChI=1S/C22H25NO3S/c1-2-3-4-5-6-7-14-26-19-10-8-17(9-11-19)21-13-12-20(27-21)15-18(16-23)22(24)25/h8-13,15H,2-7,14H2,1H3,(H,24,25)/b18-15-. The molecule has 0 unspecified atom stereocenters. The van der Waals surface area contributed by atoms with Gasteiger partial charge in [-0.3, -0.25) is 0 Å². The molecule has 0 aliphatic rings. The second kappa shape index (κ2) is 11.2. The van der Waals surface area contributed by atoms with Crippen molar-refractivity contribution in [1.29, 1.82) is 5.26 Å². The van der Waals surface area contributed by atoms with E-state index in [0.717, 1.165) is 34.1 Å². The fourth-order valence-corrected chi connectivity index (χ4v) is 3.61. The van der Waals surface area contributed by atoms with E-state index in [1.165, 1.54) is 49.5 Å². The van der Waals surface area contributed by atoms with Crippen molar-refractivity contribution in [2.45, 2.75) is 45.4 Å². The number of benzene rings is 1. The van der Waals surface area contributed by atoms with E-state index in [9.17, 15) is 4.79 Å². The molecule has 1 heterocycles. The highest BCUT2D eigenvalue weighted by Gasteiger charge is 2.08. The van der Waals surface area contributed by atoms with E-state index in [0.29, 0.717) is 0 Å². The van der Waals surface area contributed by atoms with Crippen LogP contribution < -0.4 is 4.74 Å². The number of rotatable bonds is 11. The van der Waals surface area contributed by atoms with E-state index in [1.807, 2.05) is 36.4 Å². The van der Waals surface area contributed by atoms with Gasteiger partial charge >= 0.3 is 5.97 Å². The number of aliphatic carboxylic acids is 1. The average molecular weight is 384 g/mol. The fourth-order valence-electron chi connectivity index (χ4n) is 2.66. The van der Waals surface area contributed by atoms with Crippen molar-refractivity contribution in [2.75, 3.05) is 6.61 Å². The molecule has 0 bridgehead atoms. The third kappa shape index (κ3) is 6.92. The number of carboxylic acid groups (broad SMARTS) is 1. The lowest BCUT2D eigenvalue weighted by Crippen LogP contribution is -1.97. The Labute approximate surface area is 164 Å². The molecule has 1 aromatic heterocycles. The van der Waals surface area contributed by atoms with Gasteiger partial charge in [-0.25, -0.2) is 4.79 Å². The molecule has 0 spiro atoms. The second-order valence-corrected chi connectivity index (χ2v) is 7.43. The second-order valence-electron chi connectivity index (χ2n) is 6.32. The zero-order valence-electron chi connectivity index (χ0n) is 15.6. The van der Waals surface area contributed by atoms with Crippen molar-refractivity contribution in [2.24, 2.45) is 0 Å². The molecule has 0 aliphatic heterocycles. The van der Waals surface area contributed by atoms with Gasteiger partial charge in [0.25, 0.3) is 0 Å². The number of nitriles is 1. The Balaban J connectivity index is 1.87. The molecule has 0 amide bonds. The number of hydrogen-bond donors (Lipinski definition) is 1. The minimum absolute atomic E-state index is 0.262. The van der Waals surface area contributed by atoms with Crippen molar-refractivity contribution in [1.82, 2.24) is 0 Å². The summed E-state index contributed by atoms with van der Waals surface area (Å²) >= 11 is 1.45. The van der Waals surface area contributed by atoms with Crippen LogP contribution >= 0.6 is 11.3 Å². The Morgan fingerprint density at radius 3 is 2.48 bits per heavy atom. The highest BCUT2D eigenvalue weighted by molar-refractivity contribution is 7.16. The molecule has 0 atom stereocenters. The number of thiophene rings is 1. The van der Waals surface area contributed by atoms with Crippen LogP contribution in [0.2, 0.25) is 0 Å². The summed E-state index contributed by atoms with van der Waals surface area (Å²) in [5.74, 6) is -0.346. The number of ether oxygens (including phenoxy) is 1. The van der Waals surface area contributed by atoms with Crippen LogP contribution in [0, 0.1) is 11.3 Å². The average Bonchev–Trinajstić information content (AvgIpc) is 3.14. The van der Waals surface area contributed by atoms with Gasteiger partial charge in [0.2, 0.25) is 0 Å². The van der Waals surface area contributed by atoms with E-state index < -0.39 is 5.97 Å². The molecule has 0 saturated heterocycles. The summed E-state index contributed by atoms with van der Waals surface area (Å²) in [4.78, 5) is 12.7. The number of carbonyl (C=O) groups is 1. The van der Waals surface area contributed by atoms with Crippen LogP contribution in [-0.2, 0) is 4.79 Å². The van der Waals surface area contributed by atoms with E-state index in [-0.39, 0.29) is 5.57 Å². The largest absolute Gasteiger partial charge is 0.494 e. The highest BCUT2D eigenvalue weighted by Crippen LogP contribution is 2.30. The molecular weight excluding hydrogens is 358 g/mol. The third-order valence-corrected chi connectivity index (χ3v) is 5.25. The van der Waals surface area contributed by atoms with Gasteiger partial charge in [0, 0.05) is 9.75 Å². The summed E-state index contributed by atoms with van der Waals surface area (Å²) in [5.41, 5.74) is 0.780. The summed E-state index contributed by atoms with van der Waals surface area (Å²) in [6.07, 6.45) is 8.86. The molecule has 2 aromatic rings. The number of unbranched alkanes of at least 4 members (excludes halogenated alkanes) is 5. The molecule has 1 aromatic carbocycles. The number of hydrogen-bond acceptors (Lipinski definition) is 4. The SMILES string of the molecule is CCCCCCCCOc1ccc(-c2ccc(/C=C(/C#N)C(=O)O)s2)cc1. The summed E-state index contributed by atoms with van der Waals surface area (Å²) in [6, 6.07) is 13.4. The van der Waals surface area contributed by atoms with Crippen molar-refractivity contribution in [3.63, 3.8) is 0 Å². The van der Waals surface area contributed by atoms with E-state index in [4.69, 9.17) is 15.1 Å². The van der Waals surface area contributed by atoms with Gasteiger partial charge < -0.3 is 9.84 Å². The first kappa shape index (κ1) is 20.7. The molecule has 27 heavy (non-hydrogen) atoms. The smallest absolute Gasteiger partial charge is 0.346 e. The molecule has 5 heteroatoms. The van der Waals surface area contributed by atoms with Crippen LogP contribution in [0.4, 0.5) is 0 Å². The maximum atomic E-state index is 10.9. The lowest BCUT2D eigenvalue weighted by Gasteiger charge is -2.07. The molecule has 0 fully saturated rings. The Morgan fingerprint density at radius 1 is 1.11 bits per heavy atom. The van der Waals surface area contributed by atoms with E-state index in [1.54, 1.807) is 6.07 Å². The van der Waals surface area contributed by atoms with Gasteiger partial charge in [0.1, 0.15) is 17.4 Å². The van der Waals surface area contributed by atoms with Crippen LogP contribution in [0.5, 0.6) is 5.75 Å². The van der Waals surface area contributed by atoms with E-state index >= 15 is 0 Å². The monoisotopic (exact) mass is 383 g/mol. The molecule has 2 rings (SSSR count). The maximum Gasteiger partial charge on any atom is 0.346 e. The van der Waals surface area contributed by atoms with Crippen molar-refractivity contribution in [3.05, 3.63) is 46.8 Å². The van der Waals surface area contributed by atoms with Crippen molar-refractivity contribution < 1.29 is 14.6 Å². The molecule has 4 nitrogen and oxygen atoms in total. The first-order chi connectivity index (χ1) is 13.1. The Kier molecular flexibility index (Phi) is 8.60. The molecule has 0 radical (unpaired) electrons. The van der Waals surface area contributed by atoms with Gasteiger partial charge in [0.05, 0.1) is 6.61 Å². The lowest BCUT2D eigenvalue weighted by molar-refractivity contribution is -0.132. The topological polar surface area (TPSA) is 70.3 Å². The summed E-state index contributed by atoms with van der Waals surface area (Å²) in [7, 11) is 0. The van der Waals surface area contributed by atoms with Gasteiger partial charge in [-0.2, -0.15) is 5.26 Å². The van der Waals surface area contributed by atoms with Crippen molar-refractivity contribution >= 4 is 23.4 Å². The van der Waals surface area contributed by atoms with E-state index in [2.05, 4.69) is 6.92 Å². The van der Waals surface area contributed by atoms with Crippen LogP contribution in [0.25, 0.3) is 16.5 Å². The lowest BCUT2D eigenvalue weighted by atomic mass is 10.1. The predicted octanol–water partition coefficient (Wildman–Crippen LogP) is 6.15. The van der Waals surface area contributed by atoms with Gasteiger partial charge in [-0.05, 0) is 54.5 Å². The molecule has 1 N–H and O–H groups in total. The zero-order valence-corrected chi connectivity index (χ0v) is 16.4. The van der Waals surface area contributed by atoms with Gasteiger partial charge in [-0.1, -0.05) is 39.0 Å². The van der Waals surface area contributed by atoms with Crippen LogP contribution in [0.3, 0.4) is 0 Å². The minimum Gasteiger partial charge on any atom is -0.494 e. The number of carboxylic acids is 1. The molecular formula is C22H25NO3S. The Bertz CT molecular complexity index is 800. The Hall–Kier alpha value is -2.58. The van der Waals surface area contributed by atoms with Crippen LogP contribution in [0.1, 0.15) is 50.3 Å². The Morgan fingerprint density at radius 2 is 1.81 bits per heavy atom. The quantitative estimate of drug-likeness (QED) is 0.287. The molecule has 0 saturated carbocycles. The fraction of sp³-hybridized carbons (Fsp3) is 0.364. The normalized spacial score (nSPS) is 11.2. The number of nitrogens with zero attached hydrogens (tertiary/aromatic N) is 1. The maximum absolute atomic E-state index is 10.9. The third-order valence-electron chi connectivity index (χ3n) is 4.17. The summed E-state index contributed by atoms with van der Waals surface area (Å²) in [5, 5.41) is 17.8. The zero-order chi connectivity index (χ0) is 19.5. The first-order valence-electron chi connectivity index (χ1n) is 9.32. The van der Waals surface area contributed by atoms with Crippen molar-refractivity contribution in [3.8, 4) is 22.3 Å². The minimum atomic E-state index is -1.21. The van der Waals surface area contributed by atoms with Crippen LogP contribution in [-0.4, -0.2) is 17.7 Å². The van der Waals surface area contributed by atoms with Gasteiger partial charge in [-0.15, -0.1) is 11.3 Å². The summed E-state index contributed by atoms with van der Waals surface area (Å²) < 4.78 is 5.79. The predicted molar refractivity (Wildman–Crippen MR) is 110 cm³/mol. The van der Waals surface area contributed by atoms with Crippen LogP contribution in [0.15, 0.2) is 42.0 Å². The van der Waals surface area contributed by atoms with Gasteiger partial charge in [0.15, 0.2) is 0 Å². The molecule has 142 valence electrons. The summed E-state index contributed by atoms with van der Waals surface area (Å²) in [6.45, 7) is 2.96. The molecule has 0 aliphatic carbocycles.